The highest BCUT2D eigenvalue weighted by molar-refractivity contribution is 5.69. The molecule has 0 amide bonds. The molecule has 0 unspecified atom stereocenters. The third-order valence-corrected chi connectivity index (χ3v) is 4.02. The van der Waals surface area contributed by atoms with Crippen LogP contribution in [-0.4, -0.2) is 48.9 Å². The molecule has 0 saturated heterocycles. The third kappa shape index (κ3) is 5.41. The SMILES string of the molecule is COc1cc(N=Nc2c(C#N)cc(NOO)cc2C#N)ccc1N(CCO)CCO. The number of nitriles is 2. The van der Waals surface area contributed by atoms with Gasteiger partial charge < -0.3 is 19.8 Å². The highest BCUT2D eigenvalue weighted by atomic mass is 17.2. The summed E-state index contributed by atoms with van der Waals surface area (Å²) in [5, 5.41) is 53.8. The molecule has 156 valence electrons. The second-order valence-electron chi connectivity index (χ2n) is 5.83. The van der Waals surface area contributed by atoms with Crippen LogP contribution in [0.25, 0.3) is 0 Å². The fourth-order valence-electron chi connectivity index (χ4n) is 2.72. The van der Waals surface area contributed by atoms with Crippen LogP contribution in [0.2, 0.25) is 0 Å². The fourth-order valence-corrected chi connectivity index (χ4v) is 2.72. The van der Waals surface area contributed by atoms with Gasteiger partial charge >= 0.3 is 0 Å². The lowest BCUT2D eigenvalue weighted by molar-refractivity contribution is -0.215. The van der Waals surface area contributed by atoms with Gasteiger partial charge in [-0.25, -0.2) is 10.7 Å². The average Bonchev–Trinajstić information content (AvgIpc) is 2.77. The molecule has 0 spiro atoms. The number of ether oxygens (including phenoxy) is 1. The van der Waals surface area contributed by atoms with E-state index in [2.05, 4.69) is 20.7 Å². The molecular formula is C19H20N6O5. The molecule has 0 fully saturated rings. The molecule has 0 bridgehead atoms. The third-order valence-electron chi connectivity index (χ3n) is 4.02. The molecule has 2 aromatic rings. The molecule has 0 aliphatic rings. The molecule has 4 N–H and O–H groups in total. The van der Waals surface area contributed by atoms with Crippen molar-refractivity contribution in [1.82, 2.24) is 0 Å². The van der Waals surface area contributed by atoms with Crippen LogP contribution < -0.4 is 15.1 Å². The van der Waals surface area contributed by atoms with Gasteiger partial charge in [-0.3, -0.25) is 0 Å². The highest BCUT2D eigenvalue weighted by Gasteiger charge is 2.14. The Balaban J connectivity index is 2.41. The van der Waals surface area contributed by atoms with Crippen molar-refractivity contribution in [3.8, 4) is 17.9 Å². The van der Waals surface area contributed by atoms with Gasteiger partial charge in [0.25, 0.3) is 0 Å². The summed E-state index contributed by atoms with van der Waals surface area (Å²) in [7, 11) is 1.48. The Labute approximate surface area is 172 Å². The second-order valence-corrected chi connectivity index (χ2v) is 5.83. The van der Waals surface area contributed by atoms with Gasteiger partial charge in [-0.2, -0.15) is 15.6 Å². The normalized spacial score (nSPS) is 10.5. The van der Waals surface area contributed by atoms with Crippen LogP contribution in [0.5, 0.6) is 5.75 Å². The van der Waals surface area contributed by atoms with Crippen LogP contribution in [0, 0.1) is 22.7 Å². The topological polar surface area (TPSA) is 167 Å². The standard InChI is InChI=1S/C19H20N6O5/c1-29-18-10-15(2-3-17(18)25(4-6-26)5-7-27)22-23-19-13(11-20)8-16(24-30-28)9-14(19)12-21/h2-3,8-10,24,26-28H,4-7H2,1H3. The summed E-state index contributed by atoms with van der Waals surface area (Å²) in [4.78, 5) is 5.57. The lowest BCUT2D eigenvalue weighted by Gasteiger charge is -2.24. The number of hydrogen-bond acceptors (Lipinski definition) is 11. The van der Waals surface area contributed by atoms with Crippen molar-refractivity contribution in [3.05, 3.63) is 41.5 Å². The summed E-state index contributed by atoms with van der Waals surface area (Å²) in [6, 6.07) is 11.5. The number of aliphatic hydroxyl groups excluding tert-OH is 2. The highest BCUT2D eigenvalue weighted by Crippen LogP contribution is 2.34. The molecule has 2 aromatic carbocycles. The van der Waals surface area contributed by atoms with E-state index in [-0.39, 0.29) is 35.7 Å². The molecule has 0 aliphatic carbocycles. The number of hydrogen-bond donors (Lipinski definition) is 4. The van der Waals surface area contributed by atoms with Crippen LogP contribution in [0.15, 0.2) is 40.6 Å². The predicted molar refractivity (Wildman–Crippen MR) is 107 cm³/mol. The van der Waals surface area contributed by atoms with E-state index >= 15 is 0 Å². The minimum absolute atomic E-state index is 0.0537. The second kappa shape index (κ2) is 11.3. The maximum Gasteiger partial charge on any atom is 0.144 e. The lowest BCUT2D eigenvalue weighted by atomic mass is 10.1. The molecule has 0 aliphatic heterocycles. The van der Waals surface area contributed by atoms with E-state index in [9.17, 15) is 20.7 Å². The number of aliphatic hydroxyl groups is 2. The Hall–Kier alpha value is -3.74. The fraction of sp³-hybridized carbons (Fsp3) is 0.263. The zero-order chi connectivity index (χ0) is 21.9. The van der Waals surface area contributed by atoms with Gasteiger partial charge in [-0.15, -0.1) is 10.1 Å². The van der Waals surface area contributed by atoms with Crippen LogP contribution in [0.4, 0.5) is 22.7 Å². The average molecular weight is 412 g/mol. The maximum atomic E-state index is 9.35. The molecule has 11 nitrogen and oxygen atoms in total. The Morgan fingerprint density at radius 2 is 1.67 bits per heavy atom. The monoisotopic (exact) mass is 412 g/mol. The summed E-state index contributed by atoms with van der Waals surface area (Å²) in [5.74, 6) is 0.453. The van der Waals surface area contributed by atoms with Crippen LogP contribution in [0.1, 0.15) is 11.1 Å². The predicted octanol–water partition coefficient (Wildman–Crippen LogP) is 2.46. The van der Waals surface area contributed by atoms with Gasteiger partial charge in [0.15, 0.2) is 0 Å². The van der Waals surface area contributed by atoms with Crippen molar-refractivity contribution < 1.29 is 25.2 Å². The van der Waals surface area contributed by atoms with Gasteiger partial charge in [-0.05, 0) is 24.3 Å². The number of rotatable bonds is 10. The quantitative estimate of drug-likeness (QED) is 0.260. The molecule has 0 heterocycles. The summed E-state index contributed by atoms with van der Waals surface area (Å²) >= 11 is 0. The molecule has 2 rings (SSSR count). The van der Waals surface area contributed by atoms with Crippen molar-refractivity contribution in [2.75, 3.05) is 43.8 Å². The van der Waals surface area contributed by atoms with Gasteiger partial charge in [0.1, 0.15) is 23.6 Å². The van der Waals surface area contributed by atoms with E-state index in [4.69, 9.17) is 9.99 Å². The van der Waals surface area contributed by atoms with E-state index < -0.39 is 0 Å². The molecular weight excluding hydrogens is 392 g/mol. The first-order valence-corrected chi connectivity index (χ1v) is 8.72. The number of azo groups is 1. The van der Waals surface area contributed by atoms with Crippen LogP contribution >= 0.6 is 0 Å². The summed E-state index contributed by atoms with van der Waals surface area (Å²) < 4.78 is 5.39. The van der Waals surface area contributed by atoms with Gasteiger partial charge in [0.2, 0.25) is 0 Å². The van der Waals surface area contributed by atoms with Crippen molar-refractivity contribution in [3.63, 3.8) is 0 Å². The van der Waals surface area contributed by atoms with E-state index in [0.717, 1.165) is 0 Å². The Morgan fingerprint density at radius 1 is 1.03 bits per heavy atom. The Bertz CT molecular complexity index is 941. The lowest BCUT2D eigenvalue weighted by Crippen LogP contribution is -2.29. The first-order valence-electron chi connectivity index (χ1n) is 8.72. The minimum atomic E-state index is -0.0926. The van der Waals surface area contributed by atoms with E-state index in [0.29, 0.717) is 30.2 Å². The van der Waals surface area contributed by atoms with Crippen LogP contribution in [-0.2, 0) is 4.99 Å². The maximum absolute atomic E-state index is 9.35. The van der Waals surface area contributed by atoms with Gasteiger partial charge in [0.05, 0.1) is 48.5 Å². The molecule has 0 atom stereocenters. The van der Waals surface area contributed by atoms with Crippen molar-refractivity contribution in [1.29, 1.82) is 10.5 Å². The van der Waals surface area contributed by atoms with Crippen molar-refractivity contribution >= 4 is 22.7 Å². The first kappa shape index (κ1) is 22.5. The number of anilines is 2. The number of nitrogens with zero attached hydrogens (tertiary/aromatic N) is 5. The van der Waals surface area contributed by atoms with Crippen molar-refractivity contribution in [2.24, 2.45) is 10.2 Å². The minimum Gasteiger partial charge on any atom is -0.495 e. The van der Waals surface area contributed by atoms with Gasteiger partial charge in [-0.1, -0.05) is 0 Å². The molecule has 0 aromatic heterocycles. The Kier molecular flexibility index (Phi) is 8.50. The van der Waals surface area contributed by atoms with Gasteiger partial charge in [0, 0.05) is 19.2 Å². The summed E-state index contributed by atoms with van der Waals surface area (Å²) in [6.07, 6.45) is 0. The number of nitrogens with one attached hydrogen (secondary N) is 1. The van der Waals surface area contributed by atoms with Crippen molar-refractivity contribution in [2.45, 2.75) is 0 Å². The smallest absolute Gasteiger partial charge is 0.144 e. The molecule has 0 saturated carbocycles. The molecule has 0 radical (unpaired) electrons. The Morgan fingerprint density at radius 3 is 2.17 bits per heavy atom. The largest absolute Gasteiger partial charge is 0.495 e. The number of benzene rings is 2. The van der Waals surface area contributed by atoms with Crippen LogP contribution in [0.3, 0.4) is 0 Å². The first-order chi connectivity index (χ1) is 14.6. The number of methoxy groups -OCH3 is 1. The molecule has 11 heteroatoms. The summed E-state index contributed by atoms with van der Waals surface area (Å²) in [6.45, 7) is 0.439. The van der Waals surface area contributed by atoms with E-state index in [1.807, 2.05) is 12.1 Å². The zero-order valence-corrected chi connectivity index (χ0v) is 16.1. The van der Waals surface area contributed by atoms with E-state index in [1.54, 1.807) is 23.1 Å². The summed E-state index contributed by atoms with van der Waals surface area (Å²) in [5.41, 5.74) is 3.57. The molecule has 30 heavy (non-hydrogen) atoms. The van der Waals surface area contributed by atoms with E-state index in [1.165, 1.54) is 19.2 Å². The zero-order valence-electron chi connectivity index (χ0n) is 16.1.